The van der Waals surface area contributed by atoms with Gasteiger partial charge in [-0.1, -0.05) is 13.8 Å². The van der Waals surface area contributed by atoms with Gasteiger partial charge in [0.05, 0.1) is 12.7 Å². The highest BCUT2D eigenvalue weighted by molar-refractivity contribution is 5.93. The number of aliphatic hydroxyl groups is 2. The third-order valence-electron chi connectivity index (χ3n) is 3.35. The van der Waals surface area contributed by atoms with Crippen molar-refractivity contribution >= 4 is 23.7 Å². The molecule has 0 aromatic carbocycles. The Balaban J connectivity index is 5.12. The van der Waals surface area contributed by atoms with E-state index in [0.29, 0.717) is 0 Å². The molecule has 8 N–H and O–H groups in total. The molecule has 0 aromatic rings. The largest absolute Gasteiger partial charge is 0.480 e. The summed E-state index contributed by atoms with van der Waals surface area (Å²) in [6.45, 7) is 3.60. The third kappa shape index (κ3) is 8.74. The van der Waals surface area contributed by atoms with Gasteiger partial charge in [-0.05, 0) is 19.3 Å². The number of carboxylic acids is 1. The van der Waals surface area contributed by atoms with Crippen LogP contribution in [-0.2, 0) is 19.2 Å². The predicted octanol–water partition coefficient (Wildman–Crippen LogP) is -3.10. The number of nitrogens with two attached hydrogens (primary N) is 1. The van der Waals surface area contributed by atoms with Crippen LogP contribution < -0.4 is 21.7 Å². The first-order chi connectivity index (χ1) is 12.0. The second-order valence-corrected chi connectivity index (χ2v) is 6.32. The first-order valence-electron chi connectivity index (χ1n) is 8.14. The Morgan fingerprint density at radius 3 is 2.00 bits per heavy atom. The minimum atomic E-state index is -1.40. The Hall–Kier alpha value is -2.24. The van der Waals surface area contributed by atoms with Crippen molar-refractivity contribution in [2.75, 3.05) is 13.2 Å². The van der Waals surface area contributed by atoms with Crippen LogP contribution in [0.15, 0.2) is 0 Å². The van der Waals surface area contributed by atoms with Gasteiger partial charge in [-0.15, -0.1) is 0 Å². The van der Waals surface area contributed by atoms with Gasteiger partial charge < -0.3 is 37.0 Å². The molecule has 0 aliphatic carbocycles. The Labute approximate surface area is 151 Å². The van der Waals surface area contributed by atoms with E-state index in [1.165, 1.54) is 6.92 Å². The normalized spacial score (nSPS) is 15.5. The summed E-state index contributed by atoms with van der Waals surface area (Å²) in [5, 5.41) is 33.9. The highest BCUT2D eigenvalue weighted by Crippen LogP contribution is 2.06. The van der Waals surface area contributed by atoms with Crippen LogP contribution in [0.4, 0.5) is 0 Å². The lowest BCUT2D eigenvalue weighted by Crippen LogP contribution is -2.59. The predicted molar refractivity (Wildman–Crippen MR) is 90.7 cm³/mol. The van der Waals surface area contributed by atoms with Crippen LogP contribution in [0.5, 0.6) is 0 Å². The molecule has 0 saturated carbocycles. The lowest BCUT2D eigenvalue weighted by Gasteiger charge is -2.26. The summed E-state index contributed by atoms with van der Waals surface area (Å²) in [4.78, 5) is 46.8. The van der Waals surface area contributed by atoms with Crippen molar-refractivity contribution < 1.29 is 34.5 Å². The fraction of sp³-hybridized carbons (Fsp3) is 0.733. The van der Waals surface area contributed by atoms with Gasteiger partial charge in [0.15, 0.2) is 0 Å². The average molecular weight is 376 g/mol. The summed E-state index contributed by atoms with van der Waals surface area (Å²) in [7, 11) is 0. The van der Waals surface area contributed by atoms with Crippen molar-refractivity contribution in [1.82, 2.24) is 16.0 Å². The SMILES string of the molecule is CC(C)CC(NC(=O)C(N)CO)C(=O)NC(C(=O)NCC(=O)O)C(C)O. The second kappa shape index (κ2) is 11.4. The van der Waals surface area contributed by atoms with Crippen LogP contribution in [0.2, 0.25) is 0 Å². The van der Waals surface area contributed by atoms with E-state index in [1.807, 2.05) is 13.8 Å². The first-order valence-corrected chi connectivity index (χ1v) is 8.14. The van der Waals surface area contributed by atoms with Crippen molar-refractivity contribution in [3.63, 3.8) is 0 Å². The Kier molecular flexibility index (Phi) is 10.4. The second-order valence-electron chi connectivity index (χ2n) is 6.32. The minimum Gasteiger partial charge on any atom is -0.480 e. The van der Waals surface area contributed by atoms with Crippen molar-refractivity contribution in [2.24, 2.45) is 11.7 Å². The molecule has 0 rings (SSSR count). The van der Waals surface area contributed by atoms with Crippen molar-refractivity contribution in [2.45, 2.75) is 51.4 Å². The Morgan fingerprint density at radius 2 is 1.58 bits per heavy atom. The van der Waals surface area contributed by atoms with Gasteiger partial charge >= 0.3 is 5.97 Å². The molecule has 0 saturated heterocycles. The molecule has 4 atom stereocenters. The highest BCUT2D eigenvalue weighted by atomic mass is 16.4. The van der Waals surface area contributed by atoms with Crippen LogP contribution in [0.1, 0.15) is 27.2 Å². The summed E-state index contributed by atoms with van der Waals surface area (Å²) in [6.07, 6.45) is -1.08. The van der Waals surface area contributed by atoms with Crippen molar-refractivity contribution in [3.8, 4) is 0 Å². The molecular weight excluding hydrogens is 348 g/mol. The van der Waals surface area contributed by atoms with Gasteiger partial charge in [0.25, 0.3) is 0 Å². The lowest BCUT2D eigenvalue weighted by molar-refractivity contribution is -0.139. The van der Waals surface area contributed by atoms with E-state index in [0.717, 1.165) is 0 Å². The quantitative estimate of drug-likeness (QED) is 0.197. The maximum Gasteiger partial charge on any atom is 0.322 e. The third-order valence-corrected chi connectivity index (χ3v) is 3.35. The number of aliphatic carboxylic acids is 1. The molecule has 11 nitrogen and oxygen atoms in total. The van der Waals surface area contributed by atoms with Gasteiger partial charge in [-0.25, -0.2) is 0 Å². The molecule has 0 spiro atoms. The summed E-state index contributed by atoms with van der Waals surface area (Å²) in [5.41, 5.74) is 5.41. The fourth-order valence-electron chi connectivity index (χ4n) is 2.00. The number of amides is 3. The molecule has 0 radical (unpaired) electrons. The van der Waals surface area contributed by atoms with Gasteiger partial charge in [0, 0.05) is 0 Å². The maximum atomic E-state index is 12.4. The van der Waals surface area contributed by atoms with E-state index in [2.05, 4.69) is 16.0 Å². The van der Waals surface area contributed by atoms with Gasteiger partial charge in [-0.2, -0.15) is 0 Å². The van der Waals surface area contributed by atoms with Gasteiger partial charge in [-0.3, -0.25) is 19.2 Å². The number of carbonyl (C=O) groups is 4. The summed E-state index contributed by atoms with van der Waals surface area (Å²) in [5.74, 6) is -3.64. The van der Waals surface area contributed by atoms with Crippen LogP contribution in [-0.4, -0.2) is 76.4 Å². The van der Waals surface area contributed by atoms with E-state index < -0.39 is 61.1 Å². The molecule has 11 heteroatoms. The molecule has 0 fully saturated rings. The zero-order valence-electron chi connectivity index (χ0n) is 15.1. The molecule has 150 valence electrons. The molecular formula is C15H28N4O7. The Morgan fingerprint density at radius 1 is 1.00 bits per heavy atom. The van der Waals surface area contributed by atoms with E-state index in [-0.39, 0.29) is 12.3 Å². The summed E-state index contributed by atoms with van der Waals surface area (Å²) in [6, 6.07) is -3.66. The zero-order chi connectivity index (χ0) is 20.4. The smallest absolute Gasteiger partial charge is 0.322 e. The number of rotatable bonds is 11. The molecule has 0 aliphatic rings. The molecule has 0 aromatic heterocycles. The number of aliphatic hydroxyl groups excluding tert-OH is 2. The average Bonchev–Trinajstić information content (AvgIpc) is 2.54. The van der Waals surface area contributed by atoms with Crippen LogP contribution in [0.25, 0.3) is 0 Å². The molecule has 0 aliphatic heterocycles. The lowest BCUT2D eigenvalue weighted by atomic mass is 10.0. The van der Waals surface area contributed by atoms with E-state index in [4.69, 9.17) is 15.9 Å². The van der Waals surface area contributed by atoms with E-state index >= 15 is 0 Å². The highest BCUT2D eigenvalue weighted by Gasteiger charge is 2.30. The number of hydrogen-bond acceptors (Lipinski definition) is 7. The Bertz CT molecular complexity index is 510. The summed E-state index contributed by atoms with van der Waals surface area (Å²) < 4.78 is 0. The molecule has 3 amide bonds. The summed E-state index contributed by atoms with van der Waals surface area (Å²) >= 11 is 0. The molecule has 0 bridgehead atoms. The monoisotopic (exact) mass is 376 g/mol. The molecule has 4 unspecified atom stereocenters. The molecule has 0 heterocycles. The topological polar surface area (TPSA) is 191 Å². The zero-order valence-corrected chi connectivity index (χ0v) is 15.1. The van der Waals surface area contributed by atoms with Crippen LogP contribution in [0, 0.1) is 5.92 Å². The van der Waals surface area contributed by atoms with E-state index in [9.17, 15) is 24.3 Å². The number of carbonyl (C=O) groups excluding carboxylic acids is 3. The van der Waals surface area contributed by atoms with E-state index in [1.54, 1.807) is 0 Å². The number of carboxylic acid groups (broad SMARTS) is 1. The van der Waals surface area contributed by atoms with Crippen LogP contribution >= 0.6 is 0 Å². The number of nitrogens with one attached hydrogen (secondary N) is 3. The van der Waals surface area contributed by atoms with Gasteiger partial charge in [0.1, 0.15) is 24.7 Å². The van der Waals surface area contributed by atoms with Crippen molar-refractivity contribution in [1.29, 1.82) is 0 Å². The first kappa shape index (κ1) is 23.8. The fourth-order valence-corrected chi connectivity index (χ4v) is 2.00. The van der Waals surface area contributed by atoms with Gasteiger partial charge in [0.2, 0.25) is 17.7 Å². The van der Waals surface area contributed by atoms with Crippen molar-refractivity contribution in [3.05, 3.63) is 0 Å². The van der Waals surface area contributed by atoms with Crippen LogP contribution in [0.3, 0.4) is 0 Å². The number of hydrogen-bond donors (Lipinski definition) is 7. The minimum absolute atomic E-state index is 0.00207. The standard InChI is InChI=1S/C15H28N4O7/c1-7(2)4-10(18-13(24)9(16)6-20)14(25)19-12(8(3)21)15(26)17-5-11(22)23/h7-10,12,20-21H,4-6,16H2,1-3H3,(H,17,26)(H,18,24)(H,19,25)(H,22,23). The maximum absolute atomic E-state index is 12.4. The molecule has 26 heavy (non-hydrogen) atoms.